The van der Waals surface area contributed by atoms with Crippen LogP contribution in [0.2, 0.25) is 0 Å². The SMILES string of the molecule is CCNC(=NCc1ccc(-n2nc(C)cc2C)nc1)NCCCOC1CCOC1.I. The second-order valence-corrected chi connectivity index (χ2v) is 7.20. The molecule has 1 aliphatic rings. The van der Waals surface area contributed by atoms with Gasteiger partial charge in [-0.1, -0.05) is 6.07 Å². The number of ether oxygens (including phenoxy) is 2. The Balaban J connectivity index is 0.00000320. The lowest BCUT2D eigenvalue weighted by Crippen LogP contribution is -2.38. The maximum Gasteiger partial charge on any atom is 0.191 e. The van der Waals surface area contributed by atoms with Crippen LogP contribution < -0.4 is 10.6 Å². The number of halogens is 1. The molecule has 8 nitrogen and oxygen atoms in total. The van der Waals surface area contributed by atoms with E-state index in [1.807, 2.05) is 42.9 Å². The molecule has 0 saturated carbocycles. The van der Waals surface area contributed by atoms with Gasteiger partial charge >= 0.3 is 0 Å². The third-order valence-electron chi connectivity index (χ3n) is 4.65. The summed E-state index contributed by atoms with van der Waals surface area (Å²) < 4.78 is 13.0. The summed E-state index contributed by atoms with van der Waals surface area (Å²) in [6, 6.07) is 6.07. The molecule has 1 fully saturated rings. The van der Waals surface area contributed by atoms with Gasteiger partial charge in [-0.2, -0.15) is 5.10 Å². The minimum atomic E-state index is 0. The molecule has 3 rings (SSSR count). The first kappa shape index (κ1) is 24.5. The van der Waals surface area contributed by atoms with Crippen LogP contribution in [-0.2, 0) is 16.0 Å². The smallest absolute Gasteiger partial charge is 0.191 e. The molecule has 0 amide bonds. The highest BCUT2D eigenvalue weighted by atomic mass is 127. The standard InChI is InChI=1S/C21H32N6O2.HI/c1-4-22-21(23-9-5-10-29-19-8-11-28-15-19)25-14-18-6-7-20(24-13-18)27-17(3)12-16(2)26-27;/h6-7,12-13,19H,4-5,8-11,14-15H2,1-3H3,(H2,22,23,25);1H. The van der Waals surface area contributed by atoms with Crippen molar-refractivity contribution in [3.8, 4) is 5.82 Å². The van der Waals surface area contributed by atoms with E-state index in [0.29, 0.717) is 6.54 Å². The van der Waals surface area contributed by atoms with Gasteiger partial charge in [0.1, 0.15) is 0 Å². The van der Waals surface area contributed by atoms with Crippen LogP contribution in [-0.4, -0.2) is 59.7 Å². The van der Waals surface area contributed by atoms with Crippen LogP contribution in [0.5, 0.6) is 0 Å². The molecular weight excluding hydrogens is 495 g/mol. The molecule has 2 N–H and O–H groups in total. The molecule has 1 atom stereocenters. The van der Waals surface area contributed by atoms with Gasteiger partial charge in [-0.3, -0.25) is 0 Å². The molecule has 1 saturated heterocycles. The van der Waals surface area contributed by atoms with Crippen molar-refractivity contribution in [2.24, 2.45) is 4.99 Å². The normalized spacial score (nSPS) is 16.4. The van der Waals surface area contributed by atoms with Crippen molar-refractivity contribution in [3.05, 3.63) is 41.3 Å². The Labute approximate surface area is 195 Å². The molecule has 3 heterocycles. The van der Waals surface area contributed by atoms with Crippen molar-refractivity contribution in [1.82, 2.24) is 25.4 Å². The Morgan fingerprint density at radius 2 is 2.20 bits per heavy atom. The van der Waals surface area contributed by atoms with Gasteiger partial charge in [0, 0.05) is 38.2 Å². The van der Waals surface area contributed by atoms with E-state index in [1.165, 1.54) is 0 Å². The summed E-state index contributed by atoms with van der Waals surface area (Å²) in [7, 11) is 0. The maximum absolute atomic E-state index is 5.79. The Kier molecular flexibility index (Phi) is 10.5. The lowest BCUT2D eigenvalue weighted by atomic mass is 10.3. The van der Waals surface area contributed by atoms with E-state index in [0.717, 1.165) is 74.5 Å². The molecule has 9 heteroatoms. The van der Waals surface area contributed by atoms with Gasteiger partial charge in [0.2, 0.25) is 0 Å². The van der Waals surface area contributed by atoms with Gasteiger partial charge < -0.3 is 20.1 Å². The Morgan fingerprint density at radius 3 is 2.83 bits per heavy atom. The van der Waals surface area contributed by atoms with Gasteiger partial charge in [-0.15, -0.1) is 24.0 Å². The number of nitrogens with one attached hydrogen (secondary N) is 2. The Bertz CT molecular complexity index is 787. The molecule has 1 unspecified atom stereocenters. The molecule has 0 radical (unpaired) electrons. The predicted octanol–water partition coefficient (Wildman–Crippen LogP) is 2.75. The zero-order valence-electron chi connectivity index (χ0n) is 18.1. The van der Waals surface area contributed by atoms with Crippen molar-refractivity contribution in [2.45, 2.75) is 46.3 Å². The number of hydrogen-bond donors (Lipinski definition) is 2. The Morgan fingerprint density at radius 1 is 1.33 bits per heavy atom. The highest BCUT2D eigenvalue weighted by Crippen LogP contribution is 2.11. The number of hydrogen-bond acceptors (Lipinski definition) is 5. The van der Waals surface area contributed by atoms with Crippen LogP contribution in [0.1, 0.15) is 36.7 Å². The summed E-state index contributed by atoms with van der Waals surface area (Å²) in [4.78, 5) is 9.19. The lowest BCUT2D eigenvalue weighted by Gasteiger charge is -2.13. The number of rotatable bonds is 9. The van der Waals surface area contributed by atoms with E-state index >= 15 is 0 Å². The van der Waals surface area contributed by atoms with Crippen LogP contribution in [0.4, 0.5) is 0 Å². The van der Waals surface area contributed by atoms with E-state index in [4.69, 9.17) is 9.47 Å². The number of aliphatic imine (C=N–C) groups is 1. The second-order valence-electron chi connectivity index (χ2n) is 7.20. The summed E-state index contributed by atoms with van der Waals surface area (Å²) in [5.74, 6) is 1.63. The summed E-state index contributed by atoms with van der Waals surface area (Å²) in [5.41, 5.74) is 3.11. The highest BCUT2D eigenvalue weighted by molar-refractivity contribution is 14.0. The molecule has 2 aromatic rings. The van der Waals surface area contributed by atoms with Crippen molar-refractivity contribution in [2.75, 3.05) is 32.9 Å². The fraction of sp³-hybridized carbons (Fsp3) is 0.571. The van der Waals surface area contributed by atoms with Gasteiger partial charge in [-0.25, -0.2) is 14.7 Å². The molecule has 0 bridgehead atoms. The second kappa shape index (κ2) is 12.9. The average Bonchev–Trinajstić information content (AvgIpc) is 3.35. The van der Waals surface area contributed by atoms with E-state index in [-0.39, 0.29) is 30.1 Å². The maximum atomic E-state index is 5.79. The van der Waals surface area contributed by atoms with Crippen molar-refractivity contribution >= 4 is 29.9 Å². The van der Waals surface area contributed by atoms with Crippen LogP contribution in [0.15, 0.2) is 29.4 Å². The monoisotopic (exact) mass is 528 g/mol. The molecule has 1 aliphatic heterocycles. The quantitative estimate of drug-likeness (QED) is 0.226. The molecule has 0 aromatic carbocycles. The third kappa shape index (κ3) is 7.51. The zero-order chi connectivity index (χ0) is 20.5. The van der Waals surface area contributed by atoms with Gasteiger partial charge in [-0.05, 0) is 51.3 Å². The molecule has 0 spiro atoms. The minimum Gasteiger partial charge on any atom is -0.379 e. The summed E-state index contributed by atoms with van der Waals surface area (Å²) in [5, 5.41) is 11.1. The van der Waals surface area contributed by atoms with Crippen molar-refractivity contribution in [3.63, 3.8) is 0 Å². The van der Waals surface area contributed by atoms with Crippen LogP contribution in [0, 0.1) is 13.8 Å². The lowest BCUT2D eigenvalue weighted by molar-refractivity contribution is 0.0420. The zero-order valence-corrected chi connectivity index (χ0v) is 20.4. The molecule has 166 valence electrons. The predicted molar refractivity (Wildman–Crippen MR) is 129 cm³/mol. The van der Waals surface area contributed by atoms with E-state index in [9.17, 15) is 0 Å². The highest BCUT2D eigenvalue weighted by Gasteiger charge is 2.15. The first-order chi connectivity index (χ1) is 14.2. The third-order valence-corrected chi connectivity index (χ3v) is 4.65. The number of guanidine groups is 1. The van der Waals surface area contributed by atoms with Gasteiger partial charge in [0.25, 0.3) is 0 Å². The van der Waals surface area contributed by atoms with Crippen molar-refractivity contribution in [1.29, 1.82) is 0 Å². The van der Waals surface area contributed by atoms with Gasteiger partial charge in [0.05, 0.1) is 24.9 Å². The van der Waals surface area contributed by atoms with E-state index in [2.05, 4.69) is 32.6 Å². The number of pyridine rings is 1. The largest absolute Gasteiger partial charge is 0.379 e. The Hall–Kier alpha value is -1.72. The first-order valence-electron chi connectivity index (χ1n) is 10.4. The van der Waals surface area contributed by atoms with Gasteiger partial charge in [0.15, 0.2) is 11.8 Å². The summed E-state index contributed by atoms with van der Waals surface area (Å²) in [6.07, 6.45) is 4.06. The summed E-state index contributed by atoms with van der Waals surface area (Å²) >= 11 is 0. The molecule has 30 heavy (non-hydrogen) atoms. The number of aromatic nitrogens is 3. The summed E-state index contributed by atoms with van der Waals surface area (Å²) in [6.45, 7) is 10.5. The first-order valence-corrected chi connectivity index (χ1v) is 10.4. The molecule has 0 aliphatic carbocycles. The fourth-order valence-electron chi connectivity index (χ4n) is 3.18. The number of aryl methyl sites for hydroxylation is 2. The average molecular weight is 528 g/mol. The van der Waals surface area contributed by atoms with Crippen LogP contribution >= 0.6 is 24.0 Å². The van der Waals surface area contributed by atoms with Crippen LogP contribution in [0.25, 0.3) is 5.82 Å². The molecule has 2 aromatic heterocycles. The number of nitrogens with zero attached hydrogens (tertiary/aromatic N) is 4. The minimum absolute atomic E-state index is 0. The van der Waals surface area contributed by atoms with Crippen LogP contribution in [0.3, 0.4) is 0 Å². The topological polar surface area (TPSA) is 85.6 Å². The molecular formula is C21H33IN6O2. The van der Waals surface area contributed by atoms with Crippen molar-refractivity contribution < 1.29 is 9.47 Å². The fourth-order valence-corrected chi connectivity index (χ4v) is 3.18. The van der Waals surface area contributed by atoms with E-state index in [1.54, 1.807) is 0 Å². The van der Waals surface area contributed by atoms with E-state index < -0.39 is 0 Å².